The molecular weight excluding hydrogens is 458 g/mol. The molecular formula is C23H25N5O5S. The SMILES string of the molecule is COc1cccc2sc(N3CCN(C(=O)c4ccc(N5CCOCC5)c([N+](=O)[O-])c4)CC3)nc12. The molecule has 2 saturated heterocycles. The second-order valence-corrected chi connectivity index (χ2v) is 9.15. The van der Waals surface area contributed by atoms with E-state index in [-0.39, 0.29) is 11.6 Å². The molecule has 178 valence electrons. The van der Waals surface area contributed by atoms with Crippen molar-refractivity contribution in [2.45, 2.75) is 0 Å². The summed E-state index contributed by atoms with van der Waals surface area (Å²) in [6.07, 6.45) is 0. The maximum absolute atomic E-state index is 13.2. The van der Waals surface area contributed by atoms with E-state index in [1.807, 2.05) is 23.1 Å². The number of piperazine rings is 1. The quantitative estimate of drug-likeness (QED) is 0.403. The predicted octanol–water partition coefficient (Wildman–Crippen LogP) is 3.01. The summed E-state index contributed by atoms with van der Waals surface area (Å²) in [4.78, 5) is 35.1. The fourth-order valence-corrected chi connectivity index (χ4v) is 5.40. The van der Waals surface area contributed by atoms with Crippen molar-refractivity contribution in [1.82, 2.24) is 9.88 Å². The molecule has 2 fully saturated rings. The lowest BCUT2D eigenvalue weighted by molar-refractivity contribution is -0.384. The maximum Gasteiger partial charge on any atom is 0.293 e. The summed E-state index contributed by atoms with van der Waals surface area (Å²) < 4.78 is 11.8. The zero-order valence-corrected chi connectivity index (χ0v) is 19.6. The first-order valence-electron chi connectivity index (χ1n) is 11.1. The largest absolute Gasteiger partial charge is 0.494 e. The van der Waals surface area contributed by atoms with E-state index in [1.165, 1.54) is 6.07 Å². The molecule has 10 nitrogen and oxygen atoms in total. The first-order chi connectivity index (χ1) is 16.5. The number of anilines is 2. The Bertz CT molecular complexity index is 1220. The van der Waals surface area contributed by atoms with Crippen molar-refractivity contribution in [3.63, 3.8) is 0 Å². The van der Waals surface area contributed by atoms with Crippen LogP contribution in [0.1, 0.15) is 10.4 Å². The molecule has 0 atom stereocenters. The second-order valence-electron chi connectivity index (χ2n) is 8.14. The lowest BCUT2D eigenvalue weighted by Crippen LogP contribution is -2.48. The normalized spacial score (nSPS) is 16.7. The number of carbonyl (C=O) groups is 1. The molecule has 0 spiro atoms. The van der Waals surface area contributed by atoms with Crippen molar-refractivity contribution in [1.29, 1.82) is 0 Å². The number of hydrogen-bond donors (Lipinski definition) is 0. The Kier molecular flexibility index (Phi) is 6.20. The van der Waals surface area contributed by atoms with Gasteiger partial charge in [0.2, 0.25) is 0 Å². The number of para-hydroxylation sites is 1. The van der Waals surface area contributed by atoms with Crippen molar-refractivity contribution >= 4 is 44.0 Å². The van der Waals surface area contributed by atoms with Crippen molar-refractivity contribution < 1.29 is 19.2 Å². The summed E-state index contributed by atoms with van der Waals surface area (Å²) in [7, 11) is 1.63. The van der Waals surface area contributed by atoms with Gasteiger partial charge in [0.25, 0.3) is 11.6 Å². The van der Waals surface area contributed by atoms with Gasteiger partial charge in [0.05, 0.1) is 29.9 Å². The minimum Gasteiger partial charge on any atom is -0.494 e. The third-order valence-electron chi connectivity index (χ3n) is 6.20. The van der Waals surface area contributed by atoms with E-state index in [1.54, 1.807) is 35.5 Å². The summed E-state index contributed by atoms with van der Waals surface area (Å²) in [5, 5.41) is 12.6. The van der Waals surface area contributed by atoms with Gasteiger partial charge >= 0.3 is 0 Å². The van der Waals surface area contributed by atoms with Gasteiger partial charge in [-0.2, -0.15) is 0 Å². The highest BCUT2D eigenvalue weighted by Gasteiger charge is 2.28. The minimum atomic E-state index is -0.416. The van der Waals surface area contributed by atoms with E-state index < -0.39 is 4.92 Å². The maximum atomic E-state index is 13.2. The van der Waals surface area contributed by atoms with Gasteiger partial charge in [-0.05, 0) is 24.3 Å². The molecule has 0 unspecified atom stereocenters. The molecule has 0 bridgehead atoms. The molecule has 2 aliphatic rings. The summed E-state index contributed by atoms with van der Waals surface area (Å²) in [6.45, 7) is 4.56. The third kappa shape index (κ3) is 4.24. The lowest BCUT2D eigenvalue weighted by Gasteiger charge is -2.34. The summed E-state index contributed by atoms with van der Waals surface area (Å²) >= 11 is 1.60. The number of benzene rings is 2. The van der Waals surface area contributed by atoms with Gasteiger partial charge < -0.3 is 24.2 Å². The van der Waals surface area contributed by atoms with E-state index in [2.05, 4.69) is 4.90 Å². The van der Waals surface area contributed by atoms with Crippen LogP contribution in [0.25, 0.3) is 10.2 Å². The van der Waals surface area contributed by atoms with E-state index >= 15 is 0 Å². The summed E-state index contributed by atoms with van der Waals surface area (Å²) in [6, 6.07) is 10.6. The van der Waals surface area contributed by atoms with Crippen LogP contribution in [0.15, 0.2) is 36.4 Å². The monoisotopic (exact) mass is 483 g/mol. The number of aromatic nitrogens is 1. The number of hydrogen-bond acceptors (Lipinski definition) is 9. The smallest absolute Gasteiger partial charge is 0.293 e. The number of ether oxygens (including phenoxy) is 2. The number of nitro groups is 1. The van der Waals surface area contributed by atoms with Gasteiger partial charge in [-0.25, -0.2) is 4.98 Å². The zero-order chi connectivity index (χ0) is 23.7. The Labute approximate surface area is 200 Å². The van der Waals surface area contributed by atoms with Gasteiger partial charge in [-0.3, -0.25) is 14.9 Å². The molecule has 2 aliphatic heterocycles. The van der Waals surface area contributed by atoms with Gasteiger partial charge in [0, 0.05) is 50.9 Å². The van der Waals surface area contributed by atoms with Gasteiger partial charge in [0.15, 0.2) is 5.13 Å². The van der Waals surface area contributed by atoms with Crippen LogP contribution in [0.2, 0.25) is 0 Å². The van der Waals surface area contributed by atoms with Gasteiger partial charge in [-0.1, -0.05) is 17.4 Å². The first kappa shape index (κ1) is 22.4. The topological polar surface area (TPSA) is 101 Å². The number of nitro benzene ring substituents is 1. The van der Waals surface area contributed by atoms with Crippen LogP contribution in [-0.2, 0) is 4.74 Å². The molecule has 1 amide bonds. The number of rotatable bonds is 5. The second kappa shape index (κ2) is 9.43. The van der Waals surface area contributed by atoms with Crippen LogP contribution in [-0.4, -0.2) is 80.3 Å². The Balaban J connectivity index is 1.29. The highest BCUT2D eigenvalue weighted by molar-refractivity contribution is 7.22. The van der Waals surface area contributed by atoms with Crippen LogP contribution < -0.4 is 14.5 Å². The number of morpholine rings is 1. The minimum absolute atomic E-state index is 0.0465. The van der Waals surface area contributed by atoms with Crippen LogP contribution >= 0.6 is 11.3 Å². The highest BCUT2D eigenvalue weighted by atomic mass is 32.1. The number of amides is 1. The Morgan fingerprint density at radius 3 is 2.56 bits per heavy atom. The summed E-state index contributed by atoms with van der Waals surface area (Å²) in [5.41, 5.74) is 1.66. The average Bonchev–Trinajstić information content (AvgIpc) is 3.33. The number of carbonyl (C=O) groups excluding carboxylic acids is 1. The standard InChI is InChI=1S/C23H25N5O5S/c1-32-19-3-2-4-20-21(19)24-23(34-20)27-9-7-26(8-10-27)22(29)16-5-6-17(18(15-16)28(30)31)25-11-13-33-14-12-25/h2-6,15H,7-14H2,1H3. The van der Waals surface area contributed by atoms with Crippen LogP contribution in [0, 0.1) is 10.1 Å². The van der Waals surface area contributed by atoms with Crippen molar-refractivity contribution in [2.24, 2.45) is 0 Å². The van der Waals surface area contributed by atoms with E-state index in [4.69, 9.17) is 14.5 Å². The van der Waals surface area contributed by atoms with Crippen LogP contribution in [0.5, 0.6) is 5.75 Å². The van der Waals surface area contributed by atoms with Crippen molar-refractivity contribution in [3.05, 3.63) is 52.1 Å². The molecule has 34 heavy (non-hydrogen) atoms. The number of methoxy groups -OCH3 is 1. The Hall–Kier alpha value is -3.44. The molecule has 3 aromatic rings. The number of fused-ring (bicyclic) bond motifs is 1. The predicted molar refractivity (Wildman–Crippen MR) is 130 cm³/mol. The zero-order valence-electron chi connectivity index (χ0n) is 18.8. The molecule has 0 saturated carbocycles. The molecule has 2 aromatic carbocycles. The fraction of sp³-hybridized carbons (Fsp3) is 0.391. The van der Waals surface area contributed by atoms with Gasteiger partial charge in [0.1, 0.15) is 17.0 Å². The van der Waals surface area contributed by atoms with E-state index in [9.17, 15) is 14.9 Å². The van der Waals surface area contributed by atoms with Crippen LogP contribution in [0.3, 0.4) is 0 Å². The van der Waals surface area contributed by atoms with Gasteiger partial charge in [-0.15, -0.1) is 0 Å². The molecule has 11 heteroatoms. The third-order valence-corrected chi connectivity index (χ3v) is 7.28. The molecule has 3 heterocycles. The fourth-order valence-electron chi connectivity index (χ4n) is 4.37. The van der Waals surface area contributed by atoms with Crippen molar-refractivity contribution in [3.8, 4) is 5.75 Å². The highest BCUT2D eigenvalue weighted by Crippen LogP contribution is 2.35. The van der Waals surface area contributed by atoms with Crippen molar-refractivity contribution in [2.75, 3.05) is 69.4 Å². The Morgan fingerprint density at radius 1 is 1.09 bits per heavy atom. The average molecular weight is 484 g/mol. The molecule has 0 aliphatic carbocycles. The molecule has 1 aromatic heterocycles. The number of nitrogens with zero attached hydrogens (tertiary/aromatic N) is 5. The van der Waals surface area contributed by atoms with E-state index in [0.29, 0.717) is 63.7 Å². The molecule has 0 N–H and O–H groups in total. The lowest BCUT2D eigenvalue weighted by atomic mass is 10.1. The van der Waals surface area contributed by atoms with E-state index in [0.717, 1.165) is 21.1 Å². The molecule has 0 radical (unpaired) electrons. The molecule has 5 rings (SSSR count). The summed E-state index contributed by atoms with van der Waals surface area (Å²) in [5.74, 6) is 0.554. The Morgan fingerprint density at radius 2 is 1.85 bits per heavy atom. The number of thiazole rings is 1. The van der Waals surface area contributed by atoms with Crippen LogP contribution in [0.4, 0.5) is 16.5 Å². The first-order valence-corrected chi connectivity index (χ1v) is 12.0.